The molecule has 0 spiro atoms. The van der Waals surface area contributed by atoms with Crippen LogP contribution in [0.5, 0.6) is 0 Å². The number of hydrogen-bond donors (Lipinski definition) is 0. The number of methoxy groups -OCH3 is 1. The first kappa shape index (κ1) is 14.9. The SMILES string of the molecule is COCCS(=O)C(C)C(=O)c1ccc(F)c(F)c1. The molecule has 1 aromatic carbocycles. The fourth-order valence-corrected chi connectivity index (χ4v) is 2.41. The number of halogens is 2. The zero-order valence-electron chi connectivity index (χ0n) is 10.1. The van der Waals surface area contributed by atoms with Crippen LogP contribution in [0, 0.1) is 11.6 Å². The number of rotatable bonds is 6. The lowest BCUT2D eigenvalue weighted by atomic mass is 10.1. The van der Waals surface area contributed by atoms with Crippen LogP contribution in [-0.2, 0) is 15.5 Å². The van der Waals surface area contributed by atoms with E-state index in [9.17, 15) is 17.8 Å². The molecule has 1 aromatic rings. The van der Waals surface area contributed by atoms with Gasteiger partial charge in [0.05, 0.1) is 11.9 Å². The number of carbonyl (C=O) groups is 1. The summed E-state index contributed by atoms with van der Waals surface area (Å²) in [6.45, 7) is 1.78. The predicted molar refractivity (Wildman–Crippen MR) is 65.0 cm³/mol. The molecule has 0 aromatic heterocycles. The van der Waals surface area contributed by atoms with Gasteiger partial charge in [-0.1, -0.05) is 0 Å². The van der Waals surface area contributed by atoms with Gasteiger partial charge >= 0.3 is 0 Å². The van der Waals surface area contributed by atoms with Crippen molar-refractivity contribution in [1.29, 1.82) is 0 Å². The molecule has 0 heterocycles. The number of hydrogen-bond acceptors (Lipinski definition) is 3. The summed E-state index contributed by atoms with van der Waals surface area (Å²) in [4.78, 5) is 11.9. The summed E-state index contributed by atoms with van der Waals surface area (Å²) in [5.41, 5.74) is 0.0205. The highest BCUT2D eigenvalue weighted by Crippen LogP contribution is 2.13. The Balaban J connectivity index is 2.79. The Bertz CT molecular complexity index is 463. The van der Waals surface area contributed by atoms with Crippen molar-refractivity contribution >= 4 is 16.6 Å². The van der Waals surface area contributed by atoms with Gasteiger partial charge in [-0.05, 0) is 25.1 Å². The van der Waals surface area contributed by atoms with Crippen molar-refractivity contribution in [2.24, 2.45) is 0 Å². The van der Waals surface area contributed by atoms with Crippen LogP contribution in [0.3, 0.4) is 0 Å². The monoisotopic (exact) mass is 276 g/mol. The van der Waals surface area contributed by atoms with Gasteiger partial charge in [-0.3, -0.25) is 9.00 Å². The molecule has 0 aliphatic carbocycles. The highest BCUT2D eigenvalue weighted by atomic mass is 32.2. The largest absolute Gasteiger partial charge is 0.384 e. The maximum Gasteiger partial charge on any atom is 0.178 e. The van der Waals surface area contributed by atoms with Gasteiger partial charge in [-0.25, -0.2) is 8.78 Å². The fraction of sp³-hybridized carbons (Fsp3) is 0.417. The predicted octanol–water partition coefficient (Wildman–Crippen LogP) is 1.93. The van der Waals surface area contributed by atoms with Crippen LogP contribution in [0.25, 0.3) is 0 Å². The lowest BCUT2D eigenvalue weighted by Crippen LogP contribution is -2.26. The third-order valence-corrected chi connectivity index (χ3v) is 4.03. The van der Waals surface area contributed by atoms with E-state index in [1.807, 2.05) is 0 Å². The van der Waals surface area contributed by atoms with E-state index in [0.29, 0.717) is 0 Å². The molecule has 6 heteroatoms. The number of Topliss-reactive ketones (excluding diaryl/α,β-unsaturated/α-hetero) is 1. The maximum absolute atomic E-state index is 13.0. The van der Waals surface area contributed by atoms with Crippen molar-refractivity contribution in [3.05, 3.63) is 35.4 Å². The normalized spacial score (nSPS) is 14.2. The van der Waals surface area contributed by atoms with E-state index in [2.05, 4.69) is 0 Å². The van der Waals surface area contributed by atoms with E-state index < -0.39 is 33.5 Å². The summed E-state index contributed by atoms with van der Waals surface area (Å²) in [6, 6.07) is 2.89. The second kappa shape index (κ2) is 6.70. The Morgan fingerprint density at radius 1 is 1.39 bits per heavy atom. The van der Waals surface area contributed by atoms with Crippen LogP contribution in [0.4, 0.5) is 8.78 Å². The Morgan fingerprint density at radius 2 is 2.06 bits per heavy atom. The van der Waals surface area contributed by atoms with Crippen molar-refractivity contribution < 1.29 is 22.5 Å². The summed E-state index contributed by atoms with van der Waals surface area (Å²) < 4.78 is 42.2. The molecule has 2 unspecified atom stereocenters. The molecular formula is C12H14F2O3S. The minimum absolute atomic E-state index is 0.0205. The Morgan fingerprint density at radius 3 is 2.61 bits per heavy atom. The van der Waals surface area contributed by atoms with Gasteiger partial charge in [0.15, 0.2) is 17.4 Å². The highest BCUT2D eigenvalue weighted by molar-refractivity contribution is 7.86. The molecule has 100 valence electrons. The van der Waals surface area contributed by atoms with Crippen LogP contribution in [0.15, 0.2) is 18.2 Å². The lowest BCUT2D eigenvalue weighted by Gasteiger charge is -2.10. The molecule has 0 aliphatic rings. The van der Waals surface area contributed by atoms with E-state index in [4.69, 9.17) is 4.74 Å². The van der Waals surface area contributed by atoms with Gasteiger partial charge < -0.3 is 4.74 Å². The number of benzene rings is 1. The average molecular weight is 276 g/mol. The molecule has 1 rings (SSSR count). The summed E-state index contributed by atoms with van der Waals surface area (Å²) in [7, 11) is 0.0733. The van der Waals surface area contributed by atoms with Crippen LogP contribution < -0.4 is 0 Å². The molecule has 0 bridgehead atoms. The van der Waals surface area contributed by atoms with E-state index >= 15 is 0 Å². The van der Waals surface area contributed by atoms with Gasteiger partial charge in [0, 0.05) is 29.2 Å². The number of ketones is 1. The summed E-state index contributed by atoms with van der Waals surface area (Å²) in [5.74, 6) is -2.34. The van der Waals surface area contributed by atoms with Crippen molar-refractivity contribution in [2.75, 3.05) is 19.5 Å². The minimum atomic E-state index is -1.40. The van der Waals surface area contributed by atoms with Crippen molar-refractivity contribution in [2.45, 2.75) is 12.2 Å². The van der Waals surface area contributed by atoms with E-state index in [0.717, 1.165) is 12.1 Å². The molecule has 2 atom stereocenters. The van der Waals surface area contributed by atoms with E-state index in [1.54, 1.807) is 0 Å². The standard InChI is InChI=1S/C12H14F2O3S/c1-8(18(16)6-5-17-2)12(15)9-3-4-10(13)11(14)7-9/h3-4,7-8H,5-6H2,1-2H3. The molecule has 3 nitrogen and oxygen atoms in total. The number of carbonyl (C=O) groups excluding carboxylic acids is 1. The molecule has 0 saturated heterocycles. The molecule has 18 heavy (non-hydrogen) atoms. The Hall–Kier alpha value is -1.14. The molecular weight excluding hydrogens is 262 g/mol. The Kier molecular flexibility index (Phi) is 5.55. The maximum atomic E-state index is 13.0. The molecule has 0 fully saturated rings. The van der Waals surface area contributed by atoms with E-state index in [-0.39, 0.29) is 17.9 Å². The van der Waals surface area contributed by atoms with Crippen LogP contribution in [-0.4, -0.2) is 34.7 Å². The molecule has 0 aliphatic heterocycles. The van der Waals surface area contributed by atoms with Crippen molar-refractivity contribution in [3.63, 3.8) is 0 Å². The number of ether oxygens (including phenoxy) is 1. The van der Waals surface area contributed by atoms with Gasteiger partial charge in [-0.15, -0.1) is 0 Å². The molecule has 0 radical (unpaired) electrons. The topological polar surface area (TPSA) is 43.4 Å². The van der Waals surface area contributed by atoms with Gasteiger partial charge in [0.2, 0.25) is 0 Å². The zero-order valence-corrected chi connectivity index (χ0v) is 10.9. The van der Waals surface area contributed by atoms with Gasteiger partial charge in [0.1, 0.15) is 0 Å². The van der Waals surface area contributed by atoms with Crippen LogP contribution in [0.1, 0.15) is 17.3 Å². The van der Waals surface area contributed by atoms with E-state index in [1.165, 1.54) is 20.1 Å². The zero-order chi connectivity index (χ0) is 13.7. The summed E-state index contributed by atoms with van der Waals surface area (Å²) >= 11 is 0. The quantitative estimate of drug-likeness (QED) is 0.746. The first-order valence-corrected chi connectivity index (χ1v) is 6.71. The average Bonchev–Trinajstić information content (AvgIpc) is 2.37. The van der Waals surface area contributed by atoms with Gasteiger partial charge in [-0.2, -0.15) is 0 Å². The highest BCUT2D eigenvalue weighted by Gasteiger charge is 2.22. The van der Waals surface area contributed by atoms with Crippen molar-refractivity contribution in [1.82, 2.24) is 0 Å². The third kappa shape index (κ3) is 3.68. The second-order valence-electron chi connectivity index (χ2n) is 3.71. The molecule has 0 N–H and O–H groups in total. The summed E-state index contributed by atoms with van der Waals surface area (Å²) in [6.07, 6.45) is 0. The minimum Gasteiger partial charge on any atom is -0.384 e. The van der Waals surface area contributed by atoms with Gasteiger partial charge in [0.25, 0.3) is 0 Å². The molecule has 0 saturated carbocycles. The van der Waals surface area contributed by atoms with Crippen LogP contribution in [0.2, 0.25) is 0 Å². The third-order valence-electron chi connectivity index (χ3n) is 2.46. The lowest BCUT2D eigenvalue weighted by molar-refractivity contribution is 0.0992. The smallest absolute Gasteiger partial charge is 0.178 e. The van der Waals surface area contributed by atoms with Crippen molar-refractivity contribution in [3.8, 4) is 0 Å². The first-order chi connectivity index (χ1) is 8.47. The Labute approximate surface area is 107 Å². The first-order valence-electron chi connectivity index (χ1n) is 5.32. The second-order valence-corrected chi connectivity index (χ2v) is 5.59. The van der Waals surface area contributed by atoms with Crippen LogP contribution >= 0.6 is 0 Å². The summed E-state index contributed by atoms with van der Waals surface area (Å²) in [5, 5.41) is -0.773. The fourth-order valence-electron chi connectivity index (χ4n) is 1.35. The molecule has 0 amide bonds.